The topological polar surface area (TPSA) is 29.5 Å². The third-order valence-electron chi connectivity index (χ3n) is 3.43. The van der Waals surface area contributed by atoms with Crippen LogP contribution in [-0.2, 0) is 9.53 Å². The lowest BCUT2D eigenvalue weighted by atomic mass is 10.1. The van der Waals surface area contributed by atoms with E-state index in [9.17, 15) is 9.18 Å². The molecule has 0 aliphatic carbocycles. The molecule has 4 heteroatoms. The molecule has 1 aromatic carbocycles. The van der Waals surface area contributed by atoms with Crippen LogP contribution < -0.4 is 0 Å². The second kappa shape index (κ2) is 5.48. The minimum atomic E-state index is -0.416. The first-order valence-electron chi connectivity index (χ1n) is 6.19. The van der Waals surface area contributed by atoms with E-state index in [1.807, 2.05) is 0 Å². The zero-order valence-electron chi connectivity index (χ0n) is 10.7. The van der Waals surface area contributed by atoms with Crippen LogP contribution >= 0.6 is 0 Å². The molecule has 0 N–H and O–H groups in total. The molecule has 1 heterocycles. The molecule has 1 aliphatic rings. The average Bonchev–Trinajstić information content (AvgIpc) is 2.78. The van der Waals surface area contributed by atoms with Crippen molar-refractivity contribution in [2.45, 2.75) is 19.4 Å². The smallest absolute Gasteiger partial charge is 0.327 e. The lowest BCUT2D eigenvalue weighted by Gasteiger charge is -2.25. The van der Waals surface area contributed by atoms with E-state index in [0.717, 1.165) is 25.1 Å². The third kappa shape index (κ3) is 2.70. The van der Waals surface area contributed by atoms with Gasteiger partial charge in [0.15, 0.2) is 0 Å². The van der Waals surface area contributed by atoms with Gasteiger partial charge in [0, 0.05) is 6.54 Å². The first kappa shape index (κ1) is 13.0. The van der Waals surface area contributed by atoms with Crippen LogP contribution in [-0.4, -0.2) is 31.1 Å². The van der Waals surface area contributed by atoms with Gasteiger partial charge in [0.05, 0.1) is 7.11 Å². The van der Waals surface area contributed by atoms with Crippen molar-refractivity contribution in [1.82, 2.24) is 4.90 Å². The SMILES string of the molecule is COC(=O)[C@@H](c1ccc(F)cc1)N1CC[C@@H](C)C1. The normalized spacial score (nSPS) is 21.8. The zero-order chi connectivity index (χ0) is 13.1. The molecule has 0 spiro atoms. The molecular weight excluding hydrogens is 233 g/mol. The van der Waals surface area contributed by atoms with E-state index in [4.69, 9.17) is 4.74 Å². The van der Waals surface area contributed by atoms with E-state index >= 15 is 0 Å². The number of benzene rings is 1. The van der Waals surface area contributed by atoms with Crippen molar-refractivity contribution < 1.29 is 13.9 Å². The van der Waals surface area contributed by atoms with Gasteiger partial charge in [-0.2, -0.15) is 0 Å². The Labute approximate surface area is 107 Å². The maximum atomic E-state index is 12.9. The fraction of sp³-hybridized carbons (Fsp3) is 0.500. The molecule has 98 valence electrons. The molecule has 3 nitrogen and oxygen atoms in total. The first-order chi connectivity index (χ1) is 8.61. The summed E-state index contributed by atoms with van der Waals surface area (Å²) in [6.07, 6.45) is 1.08. The molecule has 0 radical (unpaired) electrons. The van der Waals surface area contributed by atoms with Gasteiger partial charge in [-0.05, 0) is 36.6 Å². The van der Waals surface area contributed by atoms with E-state index in [1.54, 1.807) is 12.1 Å². The van der Waals surface area contributed by atoms with Crippen LogP contribution in [0.2, 0.25) is 0 Å². The highest BCUT2D eigenvalue weighted by atomic mass is 19.1. The molecule has 0 unspecified atom stereocenters. The van der Waals surface area contributed by atoms with Gasteiger partial charge in [0.25, 0.3) is 0 Å². The molecule has 1 aliphatic heterocycles. The Morgan fingerprint density at radius 3 is 2.61 bits per heavy atom. The molecule has 1 saturated heterocycles. The van der Waals surface area contributed by atoms with Crippen molar-refractivity contribution >= 4 is 5.97 Å². The van der Waals surface area contributed by atoms with Crippen molar-refractivity contribution in [3.05, 3.63) is 35.6 Å². The molecule has 2 rings (SSSR count). The predicted octanol–water partition coefficient (Wildman–Crippen LogP) is 2.38. The highest BCUT2D eigenvalue weighted by molar-refractivity contribution is 5.77. The molecule has 1 aromatic rings. The van der Waals surface area contributed by atoms with Crippen molar-refractivity contribution in [3.63, 3.8) is 0 Å². The van der Waals surface area contributed by atoms with Gasteiger partial charge in [0.1, 0.15) is 11.9 Å². The summed E-state index contributed by atoms with van der Waals surface area (Å²) in [7, 11) is 1.39. The summed E-state index contributed by atoms with van der Waals surface area (Å²) in [4.78, 5) is 14.0. The van der Waals surface area contributed by atoms with E-state index in [2.05, 4.69) is 11.8 Å². The summed E-state index contributed by atoms with van der Waals surface area (Å²) in [5.74, 6) is 0.00506. The van der Waals surface area contributed by atoms with Crippen LogP contribution in [0.3, 0.4) is 0 Å². The summed E-state index contributed by atoms with van der Waals surface area (Å²) < 4.78 is 17.8. The van der Waals surface area contributed by atoms with Gasteiger partial charge in [-0.25, -0.2) is 9.18 Å². The van der Waals surface area contributed by atoms with Gasteiger partial charge in [0.2, 0.25) is 0 Å². The molecule has 0 amide bonds. The summed E-state index contributed by atoms with van der Waals surface area (Å²) >= 11 is 0. The second-order valence-corrected chi connectivity index (χ2v) is 4.87. The van der Waals surface area contributed by atoms with Crippen molar-refractivity contribution in [1.29, 1.82) is 0 Å². The van der Waals surface area contributed by atoms with E-state index in [0.29, 0.717) is 5.92 Å². The minimum absolute atomic E-state index is 0.282. The second-order valence-electron chi connectivity index (χ2n) is 4.87. The Bertz CT molecular complexity index is 418. The Balaban J connectivity index is 2.25. The number of rotatable bonds is 3. The summed E-state index contributed by atoms with van der Waals surface area (Å²) in [6, 6.07) is 5.65. The number of hydrogen-bond donors (Lipinski definition) is 0. The maximum absolute atomic E-state index is 12.9. The minimum Gasteiger partial charge on any atom is -0.468 e. The van der Waals surface area contributed by atoms with Crippen molar-refractivity contribution in [2.24, 2.45) is 5.92 Å². The van der Waals surface area contributed by atoms with Gasteiger partial charge < -0.3 is 4.74 Å². The molecule has 2 atom stereocenters. The predicted molar refractivity (Wildman–Crippen MR) is 66.5 cm³/mol. The number of ether oxygens (including phenoxy) is 1. The molecule has 0 bridgehead atoms. The van der Waals surface area contributed by atoms with Crippen LogP contribution in [0.15, 0.2) is 24.3 Å². The summed E-state index contributed by atoms with van der Waals surface area (Å²) in [6.45, 7) is 3.91. The fourth-order valence-electron chi connectivity index (χ4n) is 2.46. The molecule has 1 fully saturated rings. The fourth-order valence-corrected chi connectivity index (χ4v) is 2.46. The maximum Gasteiger partial charge on any atom is 0.327 e. The Morgan fingerprint density at radius 2 is 2.11 bits per heavy atom. The van der Waals surface area contributed by atoms with Crippen LogP contribution in [0, 0.1) is 11.7 Å². The van der Waals surface area contributed by atoms with Crippen molar-refractivity contribution in [3.8, 4) is 0 Å². The largest absolute Gasteiger partial charge is 0.468 e. The molecular formula is C14H18FNO2. The Morgan fingerprint density at radius 1 is 1.44 bits per heavy atom. The standard InChI is InChI=1S/C14H18FNO2/c1-10-7-8-16(9-10)13(14(17)18-2)11-3-5-12(15)6-4-11/h3-6,10,13H,7-9H2,1-2H3/t10-,13-/m1/s1. The van der Waals surface area contributed by atoms with E-state index < -0.39 is 6.04 Å². The van der Waals surface area contributed by atoms with Crippen LogP contribution in [0.1, 0.15) is 24.9 Å². The average molecular weight is 251 g/mol. The number of carbonyl (C=O) groups excluding carboxylic acids is 1. The first-order valence-corrected chi connectivity index (χ1v) is 6.19. The highest BCUT2D eigenvalue weighted by Gasteiger charge is 2.32. The van der Waals surface area contributed by atoms with E-state index in [-0.39, 0.29) is 11.8 Å². The van der Waals surface area contributed by atoms with E-state index in [1.165, 1.54) is 19.2 Å². The molecule has 0 saturated carbocycles. The van der Waals surface area contributed by atoms with Gasteiger partial charge in [-0.1, -0.05) is 19.1 Å². The quantitative estimate of drug-likeness (QED) is 0.772. The third-order valence-corrected chi connectivity index (χ3v) is 3.43. The number of carbonyl (C=O) groups is 1. The van der Waals surface area contributed by atoms with Gasteiger partial charge in [-0.3, -0.25) is 4.90 Å². The number of hydrogen-bond acceptors (Lipinski definition) is 3. The lowest BCUT2D eigenvalue weighted by molar-refractivity contribution is -0.147. The van der Waals surface area contributed by atoms with Crippen LogP contribution in [0.4, 0.5) is 4.39 Å². The van der Waals surface area contributed by atoms with Crippen molar-refractivity contribution in [2.75, 3.05) is 20.2 Å². The number of halogens is 1. The number of likely N-dealkylation sites (tertiary alicyclic amines) is 1. The Kier molecular flexibility index (Phi) is 3.97. The monoisotopic (exact) mass is 251 g/mol. The lowest BCUT2D eigenvalue weighted by Crippen LogP contribution is -2.33. The van der Waals surface area contributed by atoms with Crippen LogP contribution in [0.5, 0.6) is 0 Å². The van der Waals surface area contributed by atoms with Crippen LogP contribution in [0.25, 0.3) is 0 Å². The Hall–Kier alpha value is -1.42. The number of methoxy groups -OCH3 is 1. The molecule has 18 heavy (non-hydrogen) atoms. The van der Waals surface area contributed by atoms with Gasteiger partial charge in [-0.15, -0.1) is 0 Å². The summed E-state index contributed by atoms with van der Waals surface area (Å²) in [5.41, 5.74) is 0.789. The number of esters is 1. The zero-order valence-corrected chi connectivity index (χ0v) is 10.7. The summed E-state index contributed by atoms with van der Waals surface area (Å²) in [5, 5.41) is 0. The number of nitrogens with zero attached hydrogens (tertiary/aromatic N) is 1. The molecule has 0 aromatic heterocycles. The highest BCUT2D eigenvalue weighted by Crippen LogP contribution is 2.28. The van der Waals surface area contributed by atoms with Gasteiger partial charge >= 0.3 is 5.97 Å².